The fourth-order valence-electron chi connectivity index (χ4n) is 1.82. The number of ether oxygens (including phenoxy) is 1. The standard InChI is InChI=1S/C13H21FN2O/c1-10(9-17-4)16(3)13-7-5-6-12(14)11(13)8-15-2/h5-7,10,15H,8-9H2,1-4H3. The van der Waals surface area contributed by atoms with Gasteiger partial charge in [0.1, 0.15) is 5.82 Å². The van der Waals surface area contributed by atoms with E-state index in [0.717, 1.165) is 5.69 Å². The largest absolute Gasteiger partial charge is 0.383 e. The third-order valence-electron chi connectivity index (χ3n) is 2.90. The lowest BCUT2D eigenvalue weighted by Gasteiger charge is -2.28. The molecule has 0 radical (unpaired) electrons. The first-order chi connectivity index (χ1) is 8.11. The van der Waals surface area contributed by atoms with Crippen LogP contribution < -0.4 is 10.2 Å². The molecule has 0 fully saturated rings. The van der Waals surface area contributed by atoms with Crippen LogP contribution in [0.15, 0.2) is 18.2 Å². The molecule has 0 bridgehead atoms. The lowest BCUT2D eigenvalue weighted by Crippen LogP contribution is -2.33. The molecular weight excluding hydrogens is 219 g/mol. The Morgan fingerprint density at radius 1 is 1.47 bits per heavy atom. The van der Waals surface area contributed by atoms with E-state index in [1.54, 1.807) is 13.2 Å². The number of benzene rings is 1. The molecule has 1 rings (SSSR count). The molecule has 0 saturated heterocycles. The quantitative estimate of drug-likeness (QED) is 0.823. The van der Waals surface area contributed by atoms with E-state index in [0.29, 0.717) is 18.7 Å². The van der Waals surface area contributed by atoms with Crippen molar-refractivity contribution < 1.29 is 9.13 Å². The minimum absolute atomic E-state index is 0.173. The number of anilines is 1. The minimum Gasteiger partial charge on any atom is -0.383 e. The fourth-order valence-corrected chi connectivity index (χ4v) is 1.82. The van der Waals surface area contributed by atoms with Gasteiger partial charge < -0.3 is 15.0 Å². The van der Waals surface area contributed by atoms with E-state index in [-0.39, 0.29) is 11.9 Å². The molecular formula is C13H21FN2O. The predicted molar refractivity (Wildman–Crippen MR) is 68.9 cm³/mol. The summed E-state index contributed by atoms with van der Waals surface area (Å²) in [6, 6.07) is 5.37. The second kappa shape index (κ2) is 6.57. The average molecular weight is 240 g/mol. The number of nitrogens with one attached hydrogen (secondary N) is 1. The second-order valence-corrected chi connectivity index (χ2v) is 4.18. The molecule has 0 amide bonds. The molecule has 1 N–H and O–H groups in total. The van der Waals surface area contributed by atoms with Gasteiger partial charge in [0.05, 0.1) is 6.61 Å². The van der Waals surface area contributed by atoms with E-state index in [4.69, 9.17) is 4.74 Å². The third kappa shape index (κ3) is 3.41. The fraction of sp³-hybridized carbons (Fsp3) is 0.538. The number of likely N-dealkylation sites (N-methyl/N-ethyl adjacent to an activating group) is 1. The Morgan fingerprint density at radius 2 is 2.18 bits per heavy atom. The Bertz CT molecular complexity index is 357. The van der Waals surface area contributed by atoms with Gasteiger partial charge in [-0.3, -0.25) is 0 Å². The molecule has 0 aliphatic carbocycles. The Kier molecular flexibility index (Phi) is 5.38. The van der Waals surface area contributed by atoms with Gasteiger partial charge in [-0.15, -0.1) is 0 Å². The number of hydrogen-bond donors (Lipinski definition) is 1. The van der Waals surface area contributed by atoms with Crippen molar-refractivity contribution in [1.29, 1.82) is 0 Å². The van der Waals surface area contributed by atoms with E-state index in [1.165, 1.54) is 6.07 Å². The number of nitrogens with zero attached hydrogens (tertiary/aromatic N) is 1. The molecule has 0 aromatic heterocycles. The zero-order chi connectivity index (χ0) is 12.8. The number of halogens is 1. The van der Waals surface area contributed by atoms with Crippen LogP contribution in [-0.2, 0) is 11.3 Å². The van der Waals surface area contributed by atoms with Crippen LogP contribution in [0.25, 0.3) is 0 Å². The van der Waals surface area contributed by atoms with Crippen molar-refractivity contribution in [2.75, 3.05) is 32.7 Å². The highest BCUT2D eigenvalue weighted by atomic mass is 19.1. The average Bonchev–Trinajstić information content (AvgIpc) is 2.31. The lowest BCUT2D eigenvalue weighted by molar-refractivity contribution is 0.183. The van der Waals surface area contributed by atoms with E-state index in [2.05, 4.69) is 12.2 Å². The van der Waals surface area contributed by atoms with Crippen LogP contribution in [-0.4, -0.2) is 33.9 Å². The van der Waals surface area contributed by atoms with Crippen molar-refractivity contribution in [1.82, 2.24) is 5.32 Å². The van der Waals surface area contributed by atoms with Gasteiger partial charge >= 0.3 is 0 Å². The second-order valence-electron chi connectivity index (χ2n) is 4.18. The summed E-state index contributed by atoms with van der Waals surface area (Å²) in [5.41, 5.74) is 1.60. The number of hydrogen-bond acceptors (Lipinski definition) is 3. The summed E-state index contributed by atoms with van der Waals surface area (Å²) in [5, 5.41) is 2.99. The Balaban J connectivity index is 2.99. The molecule has 96 valence electrons. The molecule has 0 aliphatic heterocycles. The maximum atomic E-state index is 13.7. The van der Waals surface area contributed by atoms with Crippen LogP contribution in [0.1, 0.15) is 12.5 Å². The first-order valence-corrected chi connectivity index (χ1v) is 5.75. The molecule has 0 spiro atoms. The monoisotopic (exact) mass is 240 g/mol. The summed E-state index contributed by atoms with van der Waals surface area (Å²) in [5.74, 6) is -0.173. The van der Waals surface area contributed by atoms with Gasteiger partial charge in [-0.1, -0.05) is 6.07 Å². The third-order valence-corrected chi connectivity index (χ3v) is 2.90. The van der Waals surface area contributed by atoms with Crippen LogP contribution in [0.2, 0.25) is 0 Å². The van der Waals surface area contributed by atoms with E-state index in [9.17, 15) is 4.39 Å². The van der Waals surface area contributed by atoms with Crippen molar-refractivity contribution in [2.45, 2.75) is 19.5 Å². The Hall–Kier alpha value is -1.13. The van der Waals surface area contributed by atoms with E-state index >= 15 is 0 Å². The van der Waals surface area contributed by atoms with Gasteiger partial charge in [0.25, 0.3) is 0 Å². The summed E-state index contributed by atoms with van der Waals surface area (Å²) in [4.78, 5) is 2.04. The summed E-state index contributed by atoms with van der Waals surface area (Å²) in [6.45, 7) is 3.19. The zero-order valence-electron chi connectivity index (χ0n) is 11.0. The highest BCUT2D eigenvalue weighted by Gasteiger charge is 2.15. The van der Waals surface area contributed by atoms with Crippen molar-refractivity contribution in [2.24, 2.45) is 0 Å². The highest BCUT2D eigenvalue weighted by Crippen LogP contribution is 2.23. The topological polar surface area (TPSA) is 24.5 Å². The molecule has 3 nitrogen and oxygen atoms in total. The van der Waals surface area contributed by atoms with Crippen LogP contribution >= 0.6 is 0 Å². The molecule has 17 heavy (non-hydrogen) atoms. The molecule has 1 unspecified atom stereocenters. The van der Waals surface area contributed by atoms with Crippen molar-refractivity contribution >= 4 is 5.69 Å². The van der Waals surface area contributed by atoms with Crippen LogP contribution in [0.3, 0.4) is 0 Å². The SMILES string of the molecule is CNCc1c(F)cccc1N(C)C(C)COC. The number of methoxy groups -OCH3 is 1. The van der Waals surface area contributed by atoms with Gasteiger partial charge in [-0.2, -0.15) is 0 Å². The smallest absolute Gasteiger partial charge is 0.129 e. The van der Waals surface area contributed by atoms with Crippen molar-refractivity contribution in [3.05, 3.63) is 29.6 Å². The van der Waals surface area contributed by atoms with Crippen LogP contribution in [0.4, 0.5) is 10.1 Å². The van der Waals surface area contributed by atoms with Gasteiger partial charge in [-0.25, -0.2) is 4.39 Å². The van der Waals surface area contributed by atoms with Gasteiger partial charge in [0.2, 0.25) is 0 Å². The molecule has 1 aromatic carbocycles. The normalized spacial score (nSPS) is 12.5. The highest BCUT2D eigenvalue weighted by molar-refractivity contribution is 5.54. The molecule has 0 heterocycles. The Labute approximate surface area is 103 Å². The summed E-state index contributed by atoms with van der Waals surface area (Å²) in [6.07, 6.45) is 0. The summed E-state index contributed by atoms with van der Waals surface area (Å²) >= 11 is 0. The van der Waals surface area contributed by atoms with Crippen molar-refractivity contribution in [3.63, 3.8) is 0 Å². The summed E-state index contributed by atoms with van der Waals surface area (Å²) < 4.78 is 18.9. The first kappa shape index (κ1) is 13.9. The van der Waals surface area contributed by atoms with Crippen molar-refractivity contribution in [3.8, 4) is 0 Å². The molecule has 4 heteroatoms. The first-order valence-electron chi connectivity index (χ1n) is 5.75. The lowest BCUT2D eigenvalue weighted by atomic mass is 10.1. The molecule has 1 aromatic rings. The van der Waals surface area contributed by atoms with Gasteiger partial charge in [0.15, 0.2) is 0 Å². The maximum Gasteiger partial charge on any atom is 0.129 e. The van der Waals surface area contributed by atoms with Gasteiger partial charge in [-0.05, 0) is 26.1 Å². The van der Waals surface area contributed by atoms with E-state index in [1.807, 2.05) is 25.1 Å². The van der Waals surface area contributed by atoms with Gasteiger partial charge in [0, 0.05) is 38.0 Å². The maximum absolute atomic E-state index is 13.7. The molecule has 1 atom stereocenters. The zero-order valence-corrected chi connectivity index (χ0v) is 11.0. The summed E-state index contributed by atoms with van der Waals surface area (Å²) in [7, 11) is 5.44. The Morgan fingerprint density at radius 3 is 2.76 bits per heavy atom. The molecule has 0 aliphatic rings. The predicted octanol–water partition coefficient (Wildman–Crippen LogP) is 2.02. The molecule has 0 saturated carbocycles. The minimum atomic E-state index is -0.173. The van der Waals surface area contributed by atoms with Crippen LogP contribution in [0.5, 0.6) is 0 Å². The number of rotatable bonds is 6. The van der Waals surface area contributed by atoms with E-state index < -0.39 is 0 Å². The van der Waals surface area contributed by atoms with Crippen LogP contribution in [0, 0.1) is 5.82 Å².